The molecular weight excluding hydrogens is 276 g/mol. The summed E-state index contributed by atoms with van der Waals surface area (Å²) in [6.45, 7) is 6.86. The van der Waals surface area contributed by atoms with Gasteiger partial charge >= 0.3 is 0 Å². The second kappa shape index (κ2) is 6.27. The smallest absolute Gasteiger partial charge is 0.126 e. The third-order valence-electron chi connectivity index (χ3n) is 3.35. The van der Waals surface area contributed by atoms with Gasteiger partial charge in [0.05, 0.1) is 0 Å². The Kier molecular flexibility index (Phi) is 5.31. The van der Waals surface area contributed by atoms with Crippen LogP contribution >= 0.6 is 15.9 Å². The highest BCUT2D eigenvalue weighted by atomic mass is 79.9. The highest BCUT2D eigenvalue weighted by Gasteiger charge is 2.23. The molecule has 86 valence electrons. The van der Waals surface area contributed by atoms with Gasteiger partial charge in [-0.15, -0.1) is 5.54 Å². The topological polar surface area (TPSA) is 0 Å². The van der Waals surface area contributed by atoms with E-state index in [0.717, 1.165) is 10.0 Å². The molecular formula is C14H19BrSi. The third kappa shape index (κ3) is 3.50. The van der Waals surface area contributed by atoms with Crippen LogP contribution in [0.3, 0.4) is 0 Å². The molecule has 0 heterocycles. The van der Waals surface area contributed by atoms with Gasteiger partial charge in [0, 0.05) is 10.0 Å². The number of rotatable bonds is 3. The molecule has 0 aliphatic heterocycles. The summed E-state index contributed by atoms with van der Waals surface area (Å²) in [5.74, 6) is 3.36. The van der Waals surface area contributed by atoms with Crippen molar-refractivity contribution < 1.29 is 0 Å². The maximum atomic E-state index is 3.59. The van der Waals surface area contributed by atoms with E-state index in [9.17, 15) is 0 Å². The van der Waals surface area contributed by atoms with E-state index < -0.39 is 8.07 Å². The van der Waals surface area contributed by atoms with E-state index in [-0.39, 0.29) is 0 Å². The van der Waals surface area contributed by atoms with Crippen LogP contribution in [0.2, 0.25) is 18.1 Å². The number of hydrogen-bond acceptors (Lipinski definition) is 0. The minimum absolute atomic E-state index is 1.11. The molecule has 1 aromatic carbocycles. The lowest BCUT2D eigenvalue weighted by Gasteiger charge is -2.19. The van der Waals surface area contributed by atoms with Crippen LogP contribution in [0.15, 0.2) is 28.7 Å². The van der Waals surface area contributed by atoms with Gasteiger partial charge in [-0.1, -0.05) is 42.6 Å². The molecule has 0 spiro atoms. The Balaban J connectivity index is 2.90. The molecule has 0 unspecified atom stereocenters. The summed E-state index contributed by atoms with van der Waals surface area (Å²) in [6.07, 6.45) is 0. The van der Waals surface area contributed by atoms with Crippen molar-refractivity contribution in [3.63, 3.8) is 0 Å². The highest BCUT2D eigenvalue weighted by Crippen LogP contribution is 2.19. The number of hydrogen-bond donors (Lipinski definition) is 0. The van der Waals surface area contributed by atoms with E-state index in [0.29, 0.717) is 0 Å². The van der Waals surface area contributed by atoms with Crippen molar-refractivity contribution in [3.05, 3.63) is 34.3 Å². The molecule has 0 saturated heterocycles. The lowest BCUT2D eigenvalue weighted by atomic mass is 10.2. The van der Waals surface area contributed by atoms with Crippen LogP contribution in [0.1, 0.15) is 26.3 Å². The van der Waals surface area contributed by atoms with Gasteiger partial charge in [0.25, 0.3) is 0 Å². The first-order valence-electron chi connectivity index (χ1n) is 5.94. The van der Waals surface area contributed by atoms with E-state index in [2.05, 4.69) is 72.4 Å². The van der Waals surface area contributed by atoms with Crippen molar-refractivity contribution in [1.82, 2.24) is 0 Å². The molecule has 0 bridgehead atoms. The fourth-order valence-electron chi connectivity index (χ4n) is 1.75. The van der Waals surface area contributed by atoms with Gasteiger partial charge in [0.2, 0.25) is 0 Å². The summed E-state index contributed by atoms with van der Waals surface area (Å²) in [6, 6.07) is 12.1. The summed E-state index contributed by atoms with van der Waals surface area (Å²) in [7, 11) is -1.29. The first-order chi connectivity index (χ1) is 7.65. The fourth-order valence-corrected chi connectivity index (χ4v) is 4.46. The monoisotopic (exact) mass is 294 g/mol. The quantitative estimate of drug-likeness (QED) is 0.552. The van der Waals surface area contributed by atoms with E-state index in [1.54, 1.807) is 0 Å². The van der Waals surface area contributed by atoms with Gasteiger partial charge in [0.1, 0.15) is 8.07 Å². The number of halogens is 1. The summed E-state index contributed by atoms with van der Waals surface area (Å²) >= 11 is 3.44. The van der Waals surface area contributed by atoms with Gasteiger partial charge in [-0.05, 0) is 42.4 Å². The van der Waals surface area contributed by atoms with Crippen molar-refractivity contribution >= 4 is 24.0 Å². The van der Waals surface area contributed by atoms with Crippen LogP contribution in [-0.2, 0) is 0 Å². The molecule has 0 aliphatic carbocycles. The van der Waals surface area contributed by atoms with E-state index in [1.807, 2.05) is 0 Å². The van der Waals surface area contributed by atoms with Crippen LogP contribution in [0.4, 0.5) is 0 Å². The highest BCUT2D eigenvalue weighted by molar-refractivity contribution is 9.10. The Labute approximate surface area is 109 Å². The van der Waals surface area contributed by atoms with Gasteiger partial charge < -0.3 is 0 Å². The van der Waals surface area contributed by atoms with E-state index in [4.69, 9.17) is 0 Å². The second-order valence-electron chi connectivity index (χ2n) is 4.10. The summed E-state index contributed by atoms with van der Waals surface area (Å²) in [5.41, 5.74) is 4.73. The Morgan fingerprint density at radius 2 is 1.50 bits per heavy atom. The molecule has 0 nitrogen and oxygen atoms in total. The molecule has 0 fully saturated rings. The zero-order chi connectivity index (χ0) is 12.0. The van der Waals surface area contributed by atoms with Crippen LogP contribution in [-0.4, -0.2) is 8.07 Å². The lowest BCUT2D eigenvalue weighted by molar-refractivity contribution is 1.20. The second-order valence-corrected chi connectivity index (χ2v) is 9.95. The minimum atomic E-state index is -1.29. The SMILES string of the molecule is CC[Si](C#Cc1ccc(Br)cc1)(CC)CC. The predicted molar refractivity (Wildman–Crippen MR) is 78.2 cm³/mol. The van der Waals surface area contributed by atoms with Gasteiger partial charge in [-0.25, -0.2) is 0 Å². The molecule has 0 atom stereocenters. The Morgan fingerprint density at radius 3 is 1.94 bits per heavy atom. The van der Waals surface area contributed by atoms with E-state index >= 15 is 0 Å². The molecule has 0 aromatic heterocycles. The fraction of sp³-hybridized carbons (Fsp3) is 0.429. The molecule has 0 saturated carbocycles. The van der Waals surface area contributed by atoms with Crippen LogP contribution in [0.25, 0.3) is 0 Å². The number of benzene rings is 1. The van der Waals surface area contributed by atoms with Crippen LogP contribution in [0.5, 0.6) is 0 Å². The molecule has 0 N–H and O–H groups in total. The normalized spacial score (nSPS) is 10.8. The third-order valence-corrected chi connectivity index (χ3v) is 8.59. The van der Waals surface area contributed by atoms with Crippen molar-refractivity contribution in [2.24, 2.45) is 0 Å². The standard InChI is InChI=1S/C14H19BrSi/c1-4-16(5-2,6-3)12-11-13-7-9-14(15)10-8-13/h7-10H,4-6H2,1-3H3. The molecule has 16 heavy (non-hydrogen) atoms. The first kappa shape index (κ1) is 13.5. The predicted octanol–water partition coefficient (Wildman–Crippen LogP) is 4.85. The largest absolute Gasteiger partial charge is 0.138 e. The average molecular weight is 295 g/mol. The Hall–Kier alpha value is -0.523. The summed E-state index contributed by atoms with van der Waals surface area (Å²) in [4.78, 5) is 0. The van der Waals surface area contributed by atoms with Crippen molar-refractivity contribution in [3.8, 4) is 11.5 Å². The van der Waals surface area contributed by atoms with E-state index in [1.165, 1.54) is 18.1 Å². The lowest BCUT2D eigenvalue weighted by Crippen LogP contribution is -2.29. The molecule has 0 radical (unpaired) electrons. The van der Waals surface area contributed by atoms with Crippen LogP contribution < -0.4 is 0 Å². The average Bonchev–Trinajstić information content (AvgIpc) is 2.34. The van der Waals surface area contributed by atoms with Crippen LogP contribution in [0, 0.1) is 11.5 Å². The maximum absolute atomic E-state index is 3.59. The van der Waals surface area contributed by atoms with Crippen molar-refractivity contribution in [1.29, 1.82) is 0 Å². The zero-order valence-electron chi connectivity index (χ0n) is 10.3. The Morgan fingerprint density at radius 1 is 1.00 bits per heavy atom. The molecule has 1 aromatic rings. The Bertz CT molecular complexity index is 371. The van der Waals surface area contributed by atoms with Crippen molar-refractivity contribution in [2.45, 2.75) is 38.9 Å². The maximum Gasteiger partial charge on any atom is 0.138 e. The van der Waals surface area contributed by atoms with Gasteiger partial charge in [-0.2, -0.15) is 0 Å². The minimum Gasteiger partial charge on any atom is -0.126 e. The molecule has 0 aliphatic rings. The molecule has 2 heteroatoms. The van der Waals surface area contributed by atoms with Crippen molar-refractivity contribution in [2.75, 3.05) is 0 Å². The first-order valence-corrected chi connectivity index (χ1v) is 9.36. The van der Waals surface area contributed by atoms with Gasteiger partial charge in [0.15, 0.2) is 0 Å². The van der Waals surface area contributed by atoms with Gasteiger partial charge in [-0.3, -0.25) is 0 Å². The molecule has 1 rings (SSSR count). The zero-order valence-corrected chi connectivity index (χ0v) is 12.9. The molecule has 0 amide bonds. The summed E-state index contributed by atoms with van der Waals surface area (Å²) in [5, 5.41) is 0. The summed E-state index contributed by atoms with van der Waals surface area (Å²) < 4.78 is 1.11.